The van der Waals surface area contributed by atoms with Crippen LogP contribution in [0.5, 0.6) is 0 Å². The van der Waals surface area contributed by atoms with Crippen molar-refractivity contribution in [3.05, 3.63) is 0 Å². The molecule has 0 radical (unpaired) electrons. The van der Waals surface area contributed by atoms with E-state index in [4.69, 9.17) is 4.53 Å². The molecule has 0 spiro atoms. The first kappa shape index (κ1) is 11.4. The Morgan fingerprint density at radius 1 is 1.36 bits per heavy atom. The molecular weight excluding hydrogens is 170 g/mol. The van der Waals surface area contributed by atoms with Crippen molar-refractivity contribution in [2.45, 2.75) is 38.7 Å². The number of rotatable bonds is 6. The lowest BCUT2D eigenvalue weighted by Crippen LogP contribution is -2.34. The van der Waals surface area contributed by atoms with Gasteiger partial charge >= 0.3 is 0 Å². The number of hydrogen-bond donors (Lipinski definition) is 1. The Hall–Kier alpha value is 0.354. The van der Waals surface area contributed by atoms with Gasteiger partial charge in [0.15, 0.2) is 0 Å². The molecule has 0 amide bonds. The zero-order valence-electron chi connectivity index (χ0n) is 8.24. The molecular formula is C7H21NOSi2. The second-order valence-electron chi connectivity index (χ2n) is 3.82. The standard InChI is InChI=1S/C7H21NOSi2/c1-10-7-5-6-8-9-11(2,3)4/h8H,5-7,10H2,1-4H3. The Morgan fingerprint density at radius 3 is 2.45 bits per heavy atom. The molecule has 0 aliphatic heterocycles. The van der Waals surface area contributed by atoms with E-state index in [1.54, 1.807) is 0 Å². The lowest BCUT2D eigenvalue weighted by molar-refractivity contribution is 0.188. The highest BCUT2D eigenvalue weighted by Crippen LogP contribution is 1.99. The van der Waals surface area contributed by atoms with E-state index in [-0.39, 0.29) is 9.52 Å². The second kappa shape index (κ2) is 5.94. The maximum atomic E-state index is 5.48. The summed E-state index contributed by atoms with van der Waals surface area (Å²) in [7, 11) is -1.05. The molecule has 68 valence electrons. The predicted octanol–water partition coefficient (Wildman–Crippen LogP) is 1.37. The van der Waals surface area contributed by atoms with E-state index in [2.05, 4.69) is 31.7 Å². The zero-order valence-corrected chi connectivity index (χ0v) is 10.7. The van der Waals surface area contributed by atoms with Gasteiger partial charge in [0, 0.05) is 16.1 Å². The van der Waals surface area contributed by atoms with Gasteiger partial charge in [-0.3, -0.25) is 0 Å². The van der Waals surface area contributed by atoms with Crippen molar-refractivity contribution < 1.29 is 4.53 Å². The summed E-state index contributed by atoms with van der Waals surface area (Å²) in [5, 5.41) is 0. The highest BCUT2D eigenvalue weighted by molar-refractivity contribution is 6.69. The maximum Gasteiger partial charge on any atom is 0.211 e. The molecule has 0 rings (SSSR count). The van der Waals surface area contributed by atoms with Gasteiger partial charge in [-0.05, 0) is 26.1 Å². The van der Waals surface area contributed by atoms with Crippen molar-refractivity contribution in [1.29, 1.82) is 0 Å². The van der Waals surface area contributed by atoms with Crippen molar-refractivity contribution in [2.75, 3.05) is 6.54 Å². The highest BCUT2D eigenvalue weighted by Gasteiger charge is 2.13. The molecule has 4 heteroatoms. The Labute approximate surface area is 73.6 Å². The van der Waals surface area contributed by atoms with Crippen LogP contribution in [0.15, 0.2) is 0 Å². The van der Waals surface area contributed by atoms with E-state index in [0.717, 1.165) is 6.54 Å². The first-order chi connectivity index (χ1) is 5.06. The topological polar surface area (TPSA) is 21.3 Å². The fourth-order valence-corrected chi connectivity index (χ4v) is 2.00. The van der Waals surface area contributed by atoms with E-state index < -0.39 is 8.32 Å². The van der Waals surface area contributed by atoms with E-state index in [0.29, 0.717) is 0 Å². The van der Waals surface area contributed by atoms with Crippen LogP contribution in [0.1, 0.15) is 6.42 Å². The van der Waals surface area contributed by atoms with Crippen LogP contribution in [0, 0.1) is 0 Å². The molecule has 2 nitrogen and oxygen atoms in total. The minimum Gasteiger partial charge on any atom is -0.346 e. The summed E-state index contributed by atoms with van der Waals surface area (Å²) < 4.78 is 5.48. The van der Waals surface area contributed by atoms with Crippen molar-refractivity contribution in [3.63, 3.8) is 0 Å². The molecule has 0 aliphatic carbocycles. The summed E-state index contributed by atoms with van der Waals surface area (Å²) in [4.78, 5) is 0. The first-order valence-corrected chi connectivity index (χ1v) is 10.3. The van der Waals surface area contributed by atoms with Crippen LogP contribution in [0.4, 0.5) is 0 Å². The Kier molecular flexibility index (Phi) is 6.13. The van der Waals surface area contributed by atoms with Crippen LogP contribution < -0.4 is 5.48 Å². The van der Waals surface area contributed by atoms with Crippen molar-refractivity contribution in [2.24, 2.45) is 0 Å². The summed E-state index contributed by atoms with van der Waals surface area (Å²) in [6.45, 7) is 9.95. The smallest absolute Gasteiger partial charge is 0.211 e. The average Bonchev–Trinajstić information content (AvgIpc) is 1.85. The van der Waals surface area contributed by atoms with Gasteiger partial charge in [-0.2, -0.15) is 0 Å². The van der Waals surface area contributed by atoms with E-state index >= 15 is 0 Å². The van der Waals surface area contributed by atoms with Crippen LogP contribution in [-0.2, 0) is 4.53 Å². The van der Waals surface area contributed by atoms with Crippen LogP contribution in [0.2, 0.25) is 32.2 Å². The molecule has 0 aromatic rings. The Balaban J connectivity index is 3.02. The molecule has 11 heavy (non-hydrogen) atoms. The number of hydroxylamine groups is 1. The van der Waals surface area contributed by atoms with Crippen LogP contribution in [0.3, 0.4) is 0 Å². The molecule has 0 heterocycles. The minimum absolute atomic E-state index is 0.268. The van der Waals surface area contributed by atoms with Crippen LogP contribution >= 0.6 is 0 Å². The van der Waals surface area contributed by atoms with Crippen molar-refractivity contribution in [1.82, 2.24) is 5.48 Å². The summed E-state index contributed by atoms with van der Waals surface area (Å²) in [5.74, 6) is 0. The number of nitrogens with one attached hydrogen (secondary N) is 1. The first-order valence-electron chi connectivity index (χ1n) is 4.47. The van der Waals surface area contributed by atoms with Crippen molar-refractivity contribution in [3.8, 4) is 0 Å². The lowest BCUT2D eigenvalue weighted by atomic mass is 10.5. The monoisotopic (exact) mass is 191 g/mol. The summed E-state index contributed by atoms with van der Waals surface area (Å²) >= 11 is 0. The molecule has 0 unspecified atom stereocenters. The zero-order chi connectivity index (χ0) is 8.74. The largest absolute Gasteiger partial charge is 0.346 e. The molecule has 0 bridgehead atoms. The molecule has 0 saturated heterocycles. The molecule has 0 fully saturated rings. The summed E-state index contributed by atoms with van der Waals surface area (Å²) in [6.07, 6.45) is 1.28. The third-order valence-electron chi connectivity index (χ3n) is 1.26. The molecule has 1 N–H and O–H groups in total. The van der Waals surface area contributed by atoms with Gasteiger partial charge in [-0.25, -0.2) is 5.48 Å². The van der Waals surface area contributed by atoms with Gasteiger partial charge in [0.2, 0.25) is 8.32 Å². The normalized spacial score (nSPS) is 13.1. The third kappa shape index (κ3) is 10.4. The van der Waals surface area contributed by atoms with Gasteiger partial charge in [-0.1, -0.05) is 12.6 Å². The maximum absolute atomic E-state index is 5.48. The van der Waals surface area contributed by atoms with Gasteiger partial charge in [0.05, 0.1) is 0 Å². The van der Waals surface area contributed by atoms with E-state index in [1.807, 2.05) is 0 Å². The average molecular weight is 191 g/mol. The predicted molar refractivity (Wildman–Crippen MR) is 56.3 cm³/mol. The molecule has 0 saturated carbocycles. The van der Waals surface area contributed by atoms with Crippen LogP contribution in [0.25, 0.3) is 0 Å². The minimum atomic E-state index is -1.32. The second-order valence-corrected chi connectivity index (χ2v) is 9.95. The van der Waals surface area contributed by atoms with Gasteiger partial charge < -0.3 is 4.53 Å². The highest BCUT2D eigenvalue weighted by atomic mass is 28.4. The van der Waals surface area contributed by atoms with E-state index in [9.17, 15) is 0 Å². The Morgan fingerprint density at radius 2 is 2.00 bits per heavy atom. The Bertz CT molecular complexity index is 92.9. The molecule has 0 aromatic heterocycles. The SMILES string of the molecule is C[SiH2]CCCNO[Si](C)(C)C. The van der Waals surface area contributed by atoms with Gasteiger partial charge in [-0.15, -0.1) is 0 Å². The summed E-state index contributed by atoms with van der Waals surface area (Å²) in [5.41, 5.74) is 3.04. The quantitative estimate of drug-likeness (QED) is 0.389. The van der Waals surface area contributed by atoms with Gasteiger partial charge in [0.25, 0.3) is 0 Å². The fourth-order valence-electron chi connectivity index (χ4n) is 0.715. The summed E-state index contributed by atoms with van der Waals surface area (Å²) in [6, 6.07) is 1.43. The molecule has 0 aliphatic rings. The van der Waals surface area contributed by atoms with E-state index in [1.165, 1.54) is 12.5 Å². The molecule has 0 atom stereocenters. The third-order valence-corrected chi connectivity index (χ3v) is 3.22. The fraction of sp³-hybridized carbons (Fsp3) is 1.00. The van der Waals surface area contributed by atoms with Gasteiger partial charge in [0.1, 0.15) is 0 Å². The number of hydrogen-bond acceptors (Lipinski definition) is 2. The molecule has 0 aromatic carbocycles. The van der Waals surface area contributed by atoms with Crippen molar-refractivity contribution >= 4 is 17.8 Å². The van der Waals surface area contributed by atoms with Crippen LogP contribution in [-0.4, -0.2) is 24.4 Å². The lowest BCUT2D eigenvalue weighted by Gasteiger charge is -2.16.